The number of phenols is 1. The Hall–Kier alpha value is -3.05. The quantitative estimate of drug-likeness (QED) is 0.135. The number of hydrogen-bond donors (Lipinski definition) is 2. The zero-order chi connectivity index (χ0) is 43.7. The molecule has 0 radical (unpaired) electrons. The molecular weight excluding hydrogens is 733 g/mol. The molecule has 59 heavy (non-hydrogen) atoms. The van der Waals surface area contributed by atoms with E-state index in [1.165, 1.54) is 31.3 Å². The number of aliphatic hydroxyl groups excluding tert-OH is 1. The highest BCUT2D eigenvalue weighted by molar-refractivity contribution is 6.00. The van der Waals surface area contributed by atoms with Crippen LogP contribution in [0.25, 0.3) is 0 Å². The van der Waals surface area contributed by atoms with Crippen molar-refractivity contribution in [2.45, 2.75) is 138 Å². The lowest BCUT2D eigenvalue weighted by atomic mass is 9.38. The number of hydrogen-bond acceptors (Lipinski definition) is 7. The van der Waals surface area contributed by atoms with E-state index in [0.29, 0.717) is 54.8 Å². The molecule has 0 aliphatic heterocycles. The molecule has 0 amide bonds. The van der Waals surface area contributed by atoms with E-state index in [9.17, 15) is 9.90 Å². The van der Waals surface area contributed by atoms with Crippen LogP contribution in [-0.4, -0.2) is 78.8 Å². The minimum Gasteiger partial charge on any atom is -0.508 e. The molecule has 0 aromatic heterocycles. The van der Waals surface area contributed by atoms with E-state index < -0.39 is 0 Å². The molecular formula is C52H80N2O5. The largest absolute Gasteiger partial charge is 0.508 e. The van der Waals surface area contributed by atoms with Gasteiger partial charge in [-0.1, -0.05) is 59.9 Å². The van der Waals surface area contributed by atoms with Crippen LogP contribution < -0.4 is 0 Å². The SMILES string of the molecule is C#CC(C)(C)CC(=C)OC1CCC2(C)C(CCC3(C)C4CCC5([C@@H](CN(CCN(C)C)Cc6ccc(O)cc6)OC(=C)C)CC(=O)C(C(C)C)=C5C4CCC32)C1C.CO. The molecule has 5 aliphatic carbocycles. The number of nitrogens with zero attached hydrogens (tertiary/aromatic N) is 2. The summed E-state index contributed by atoms with van der Waals surface area (Å²) in [6.45, 7) is 30.3. The Morgan fingerprint density at radius 1 is 0.983 bits per heavy atom. The van der Waals surface area contributed by atoms with Gasteiger partial charge in [-0.25, -0.2) is 0 Å². The number of fused-ring (bicyclic) bond motifs is 7. The first kappa shape index (κ1) is 47.0. The van der Waals surface area contributed by atoms with Crippen LogP contribution in [-0.2, 0) is 20.8 Å². The van der Waals surface area contributed by atoms with Gasteiger partial charge in [0.2, 0.25) is 0 Å². The Kier molecular flexibility index (Phi) is 14.7. The summed E-state index contributed by atoms with van der Waals surface area (Å²) in [6.07, 6.45) is 16.3. The second-order valence-electron chi connectivity index (χ2n) is 21.1. The van der Waals surface area contributed by atoms with Crippen LogP contribution >= 0.6 is 0 Å². The van der Waals surface area contributed by atoms with Crippen LogP contribution in [0, 0.1) is 69.5 Å². The summed E-state index contributed by atoms with van der Waals surface area (Å²) in [7, 11) is 5.24. The minimum absolute atomic E-state index is 0.177. The van der Waals surface area contributed by atoms with E-state index in [0.717, 1.165) is 75.1 Å². The van der Waals surface area contributed by atoms with Crippen LogP contribution in [0.15, 0.2) is 60.1 Å². The van der Waals surface area contributed by atoms with Gasteiger partial charge in [0.05, 0.1) is 11.5 Å². The van der Waals surface area contributed by atoms with E-state index in [1.54, 1.807) is 12.1 Å². The van der Waals surface area contributed by atoms with Gasteiger partial charge in [-0.2, -0.15) is 0 Å². The predicted molar refractivity (Wildman–Crippen MR) is 241 cm³/mol. The molecule has 4 fully saturated rings. The lowest BCUT2D eigenvalue weighted by Crippen LogP contribution is -2.61. The first-order valence-corrected chi connectivity index (χ1v) is 22.8. The molecule has 0 saturated heterocycles. The maximum absolute atomic E-state index is 14.5. The molecule has 1 aromatic rings. The molecule has 5 aliphatic rings. The Bertz CT molecular complexity index is 1740. The Labute approximate surface area is 359 Å². The second kappa shape index (κ2) is 18.5. The van der Waals surface area contributed by atoms with E-state index in [4.69, 9.17) is 21.0 Å². The Balaban J connectivity index is 0.00000326. The number of carbonyl (C=O) groups is 1. The Morgan fingerprint density at radius 2 is 1.61 bits per heavy atom. The zero-order valence-corrected chi connectivity index (χ0v) is 38.8. The Morgan fingerprint density at radius 3 is 2.22 bits per heavy atom. The number of ketones is 1. The van der Waals surface area contributed by atoms with Gasteiger partial charge in [-0.3, -0.25) is 9.69 Å². The fourth-order valence-electron chi connectivity index (χ4n) is 13.6. The van der Waals surface area contributed by atoms with Crippen LogP contribution in [0.4, 0.5) is 0 Å². The zero-order valence-electron chi connectivity index (χ0n) is 38.8. The molecule has 7 heteroatoms. The summed E-state index contributed by atoms with van der Waals surface area (Å²) < 4.78 is 13.6. The topological polar surface area (TPSA) is 82.5 Å². The van der Waals surface area contributed by atoms with Crippen molar-refractivity contribution in [3.05, 3.63) is 65.7 Å². The number of allylic oxidation sites excluding steroid dienone is 3. The summed E-state index contributed by atoms with van der Waals surface area (Å²) in [5.41, 5.74) is 3.62. The molecule has 9 unspecified atom stereocenters. The van der Waals surface area contributed by atoms with Crippen LogP contribution in [0.3, 0.4) is 0 Å². The van der Waals surface area contributed by atoms with Crippen LogP contribution in [0.5, 0.6) is 5.75 Å². The highest BCUT2D eigenvalue weighted by atomic mass is 16.5. The number of terminal acetylenes is 1. The molecule has 10 atom stereocenters. The highest BCUT2D eigenvalue weighted by Gasteiger charge is 2.66. The third-order valence-electron chi connectivity index (χ3n) is 16.1. The first-order valence-electron chi connectivity index (χ1n) is 22.8. The van der Waals surface area contributed by atoms with Gasteiger partial charge >= 0.3 is 0 Å². The maximum atomic E-state index is 14.5. The number of likely N-dealkylation sites (N-methyl/N-ethyl adjacent to an activating group) is 1. The van der Waals surface area contributed by atoms with Gasteiger partial charge in [0.25, 0.3) is 0 Å². The van der Waals surface area contributed by atoms with Gasteiger partial charge in [0.15, 0.2) is 5.78 Å². The number of rotatable bonds is 15. The van der Waals surface area contributed by atoms with Crippen molar-refractivity contribution in [3.8, 4) is 18.1 Å². The summed E-state index contributed by atoms with van der Waals surface area (Å²) >= 11 is 0. The molecule has 2 N–H and O–H groups in total. The molecule has 7 nitrogen and oxygen atoms in total. The normalized spacial score (nSPS) is 33.2. The fraction of sp³-hybridized carbons (Fsp3) is 0.712. The lowest BCUT2D eigenvalue weighted by Gasteiger charge is -2.67. The number of ether oxygens (including phenoxy) is 2. The number of phenolic OH excluding ortho intramolecular Hbond substituents is 1. The van der Waals surface area contributed by atoms with E-state index in [1.807, 2.05) is 19.1 Å². The molecule has 1 aromatic carbocycles. The van der Waals surface area contributed by atoms with Crippen LogP contribution in [0.2, 0.25) is 0 Å². The van der Waals surface area contributed by atoms with Crippen molar-refractivity contribution in [1.29, 1.82) is 0 Å². The lowest BCUT2D eigenvalue weighted by molar-refractivity contribution is -0.184. The van der Waals surface area contributed by atoms with Crippen molar-refractivity contribution in [1.82, 2.24) is 9.80 Å². The van der Waals surface area contributed by atoms with Gasteiger partial charge in [-0.15, -0.1) is 12.3 Å². The predicted octanol–water partition coefficient (Wildman–Crippen LogP) is 10.4. The summed E-state index contributed by atoms with van der Waals surface area (Å²) in [5, 5.41) is 17.0. The van der Waals surface area contributed by atoms with Crippen molar-refractivity contribution in [2.75, 3.05) is 40.8 Å². The fourth-order valence-corrected chi connectivity index (χ4v) is 13.6. The average Bonchev–Trinajstić information content (AvgIpc) is 3.49. The van der Waals surface area contributed by atoms with E-state index in [-0.39, 0.29) is 45.5 Å². The van der Waals surface area contributed by atoms with Gasteiger partial charge < -0.3 is 24.6 Å². The van der Waals surface area contributed by atoms with Crippen molar-refractivity contribution in [3.63, 3.8) is 0 Å². The third kappa shape index (κ3) is 9.41. The number of benzene rings is 1. The number of carbonyl (C=O) groups excluding carboxylic acids is 1. The van der Waals surface area contributed by atoms with Gasteiger partial charge in [0, 0.05) is 57.0 Å². The van der Waals surface area contributed by atoms with Gasteiger partial charge in [0.1, 0.15) is 18.0 Å². The minimum atomic E-state index is -0.341. The van der Waals surface area contributed by atoms with Gasteiger partial charge in [-0.05, 0) is 161 Å². The standard InChI is InChI=1S/C51H76N2O4.CH4O/c1-14-48(8,9)29-35(6)57-43-23-25-49(10)40(36(43)7)21-24-50(11)41-22-26-51(30-42(55)46(33(2)3)47(51)39(41)19-20-44(49)50)45(56-34(4)5)32-53(28-27-52(12)13)31-37-15-17-38(54)18-16-37;1-2/h1,15-18,33,36,39-41,43-45,54H,4,6,19-32H2,2-3,5,7-13H3;2H,1H3/t36?,39?,40?,41?,43?,44?,45-,49?,50?,51?;/m1./s1. The number of Topliss-reactive ketones (excluding diaryl/α,β-unsaturated/α-hetero) is 1. The van der Waals surface area contributed by atoms with E-state index in [2.05, 4.69) is 91.4 Å². The molecule has 4 saturated carbocycles. The summed E-state index contributed by atoms with van der Waals surface area (Å²) in [5.74, 6) is 7.96. The molecule has 328 valence electrons. The third-order valence-corrected chi connectivity index (χ3v) is 16.1. The van der Waals surface area contributed by atoms with Crippen molar-refractivity contribution in [2.24, 2.45) is 57.2 Å². The molecule has 0 spiro atoms. The monoisotopic (exact) mass is 813 g/mol. The second-order valence-corrected chi connectivity index (χ2v) is 21.1. The first-order chi connectivity index (χ1) is 27.7. The smallest absolute Gasteiger partial charge is 0.160 e. The number of aromatic hydroxyl groups is 1. The summed E-state index contributed by atoms with van der Waals surface area (Å²) in [6, 6.07) is 7.59. The van der Waals surface area contributed by atoms with Crippen LogP contribution in [0.1, 0.15) is 125 Å². The molecule has 6 rings (SSSR count). The molecule has 0 bridgehead atoms. The van der Waals surface area contributed by atoms with Crippen molar-refractivity contribution < 1.29 is 24.5 Å². The van der Waals surface area contributed by atoms with E-state index >= 15 is 0 Å². The average molecular weight is 813 g/mol. The number of aliphatic hydroxyl groups is 1. The molecule has 0 heterocycles. The highest BCUT2D eigenvalue weighted by Crippen LogP contribution is 2.72. The van der Waals surface area contributed by atoms with Crippen molar-refractivity contribution >= 4 is 5.78 Å². The summed E-state index contributed by atoms with van der Waals surface area (Å²) in [4.78, 5) is 19.2. The maximum Gasteiger partial charge on any atom is 0.160 e.